The summed E-state index contributed by atoms with van der Waals surface area (Å²) in [5, 5.41) is 17.1. The molecular weight excluding hydrogens is 340 g/mol. The molecule has 1 aromatic carbocycles. The molecule has 3 N–H and O–H groups in total. The Bertz CT molecular complexity index is 669. The summed E-state index contributed by atoms with van der Waals surface area (Å²) >= 11 is 0. The lowest BCUT2D eigenvalue weighted by molar-refractivity contribution is 0.0437. The van der Waals surface area contributed by atoms with Gasteiger partial charge >= 0.3 is 0 Å². The van der Waals surface area contributed by atoms with E-state index in [4.69, 9.17) is 4.42 Å². The first-order valence-corrected chi connectivity index (χ1v) is 9.65. The number of furan rings is 1. The summed E-state index contributed by atoms with van der Waals surface area (Å²) in [7, 11) is 0. The van der Waals surface area contributed by atoms with E-state index in [0.717, 1.165) is 32.6 Å². The molecular formula is C21H32N4O2. The minimum atomic E-state index is -1.13. The molecule has 0 spiro atoms. The number of para-hydroxylation sites is 1. The van der Waals surface area contributed by atoms with Crippen LogP contribution in [0.5, 0.6) is 0 Å². The van der Waals surface area contributed by atoms with E-state index in [9.17, 15) is 5.11 Å². The van der Waals surface area contributed by atoms with Crippen LogP contribution in [0.4, 0.5) is 5.69 Å². The van der Waals surface area contributed by atoms with Gasteiger partial charge in [0.2, 0.25) is 0 Å². The van der Waals surface area contributed by atoms with Crippen LogP contribution in [-0.2, 0) is 5.60 Å². The van der Waals surface area contributed by atoms with Crippen molar-refractivity contribution in [3.8, 4) is 0 Å². The summed E-state index contributed by atoms with van der Waals surface area (Å²) in [4.78, 5) is 6.86. The molecule has 0 radical (unpaired) electrons. The van der Waals surface area contributed by atoms with Gasteiger partial charge in [-0.25, -0.2) is 4.99 Å². The SMILES string of the molecule is CCNC(=NCC(C)(O)c1ccco1)NCCCN(CC)c1ccccc1. The highest BCUT2D eigenvalue weighted by Gasteiger charge is 2.26. The molecule has 1 aromatic heterocycles. The summed E-state index contributed by atoms with van der Waals surface area (Å²) in [6, 6.07) is 14.0. The number of rotatable bonds is 10. The zero-order valence-electron chi connectivity index (χ0n) is 16.6. The van der Waals surface area contributed by atoms with Crippen molar-refractivity contribution in [2.75, 3.05) is 37.6 Å². The Morgan fingerprint density at radius 3 is 2.56 bits per heavy atom. The number of hydrogen-bond acceptors (Lipinski definition) is 4. The van der Waals surface area contributed by atoms with E-state index >= 15 is 0 Å². The third-order valence-corrected chi connectivity index (χ3v) is 4.34. The van der Waals surface area contributed by atoms with Gasteiger partial charge in [-0.2, -0.15) is 0 Å². The van der Waals surface area contributed by atoms with Gasteiger partial charge in [0.15, 0.2) is 5.96 Å². The van der Waals surface area contributed by atoms with E-state index < -0.39 is 5.60 Å². The number of aliphatic hydroxyl groups is 1. The molecule has 1 heterocycles. The van der Waals surface area contributed by atoms with Crippen LogP contribution in [0.25, 0.3) is 0 Å². The minimum absolute atomic E-state index is 0.223. The maximum atomic E-state index is 10.5. The molecule has 0 saturated heterocycles. The smallest absolute Gasteiger partial charge is 0.191 e. The first kappa shape index (κ1) is 20.8. The van der Waals surface area contributed by atoms with Crippen LogP contribution in [-0.4, -0.2) is 43.8 Å². The maximum Gasteiger partial charge on any atom is 0.191 e. The predicted molar refractivity (Wildman–Crippen MR) is 111 cm³/mol. The van der Waals surface area contributed by atoms with Crippen molar-refractivity contribution in [3.63, 3.8) is 0 Å². The largest absolute Gasteiger partial charge is 0.466 e. The molecule has 0 aliphatic carbocycles. The van der Waals surface area contributed by atoms with Gasteiger partial charge in [0.25, 0.3) is 0 Å². The molecule has 148 valence electrons. The second-order valence-corrected chi connectivity index (χ2v) is 6.64. The van der Waals surface area contributed by atoms with Gasteiger partial charge in [-0.15, -0.1) is 0 Å². The molecule has 0 aliphatic heterocycles. The highest BCUT2D eigenvalue weighted by atomic mass is 16.4. The number of benzene rings is 1. The Hall–Kier alpha value is -2.47. The molecule has 2 aromatic rings. The lowest BCUT2D eigenvalue weighted by Crippen LogP contribution is -2.40. The van der Waals surface area contributed by atoms with Gasteiger partial charge in [0.05, 0.1) is 12.8 Å². The van der Waals surface area contributed by atoms with Crippen LogP contribution >= 0.6 is 0 Å². The molecule has 27 heavy (non-hydrogen) atoms. The minimum Gasteiger partial charge on any atom is -0.466 e. The summed E-state index contributed by atoms with van der Waals surface area (Å²) in [6.07, 6.45) is 2.55. The molecule has 1 atom stereocenters. The van der Waals surface area contributed by atoms with Crippen LogP contribution in [0.2, 0.25) is 0 Å². The Morgan fingerprint density at radius 2 is 1.93 bits per heavy atom. The topological polar surface area (TPSA) is 73.0 Å². The summed E-state index contributed by atoms with van der Waals surface area (Å²) in [5.41, 5.74) is 0.119. The van der Waals surface area contributed by atoms with Crippen molar-refractivity contribution in [2.24, 2.45) is 4.99 Å². The molecule has 2 rings (SSSR count). The van der Waals surface area contributed by atoms with Crippen molar-refractivity contribution in [3.05, 3.63) is 54.5 Å². The van der Waals surface area contributed by atoms with E-state index in [1.54, 1.807) is 25.3 Å². The fourth-order valence-corrected chi connectivity index (χ4v) is 2.82. The van der Waals surface area contributed by atoms with Crippen LogP contribution < -0.4 is 15.5 Å². The van der Waals surface area contributed by atoms with Crippen molar-refractivity contribution >= 4 is 11.6 Å². The highest BCUT2D eigenvalue weighted by Crippen LogP contribution is 2.21. The van der Waals surface area contributed by atoms with Gasteiger partial charge in [0, 0.05) is 31.9 Å². The average molecular weight is 373 g/mol. The van der Waals surface area contributed by atoms with Gasteiger partial charge in [0.1, 0.15) is 11.4 Å². The molecule has 0 fully saturated rings. The summed E-state index contributed by atoms with van der Waals surface area (Å²) < 4.78 is 5.30. The quantitative estimate of drug-likeness (QED) is 0.340. The third-order valence-electron chi connectivity index (χ3n) is 4.34. The third kappa shape index (κ3) is 6.64. The monoisotopic (exact) mass is 372 g/mol. The van der Waals surface area contributed by atoms with Crippen LogP contribution in [0.15, 0.2) is 58.1 Å². The highest BCUT2D eigenvalue weighted by molar-refractivity contribution is 5.79. The van der Waals surface area contributed by atoms with E-state index in [1.807, 2.05) is 13.0 Å². The van der Waals surface area contributed by atoms with Crippen LogP contribution in [0.3, 0.4) is 0 Å². The van der Waals surface area contributed by atoms with Gasteiger partial charge < -0.3 is 25.1 Å². The maximum absolute atomic E-state index is 10.5. The standard InChI is InChI=1S/C21H32N4O2/c1-4-22-20(24-17-21(3,26)19-13-9-16-27-19)23-14-10-15-25(5-2)18-11-7-6-8-12-18/h6-9,11-13,16,26H,4-5,10,14-15,17H2,1-3H3,(H2,22,23,24). The zero-order valence-corrected chi connectivity index (χ0v) is 16.6. The summed E-state index contributed by atoms with van der Waals surface area (Å²) in [6.45, 7) is 9.64. The van der Waals surface area contributed by atoms with Gasteiger partial charge in [-0.05, 0) is 51.5 Å². The van der Waals surface area contributed by atoms with E-state index in [0.29, 0.717) is 11.7 Å². The number of guanidine groups is 1. The second-order valence-electron chi connectivity index (χ2n) is 6.64. The van der Waals surface area contributed by atoms with Gasteiger partial charge in [-0.3, -0.25) is 0 Å². The second kappa shape index (κ2) is 10.6. The Kier molecular flexibility index (Phi) is 8.20. The lowest BCUT2D eigenvalue weighted by Gasteiger charge is -2.23. The van der Waals surface area contributed by atoms with Crippen molar-refractivity contribution in [1.29, 1.82) is 0 Å². The predicted octanol–water partition coefficient (Wildman–Crippen LogP) is 2.96. The van der Waals surface area contributed by atoms with E-state index in [2.05, 4.69) is 51.7 Å². The first-order chi connectivity index (χ1) is 13.1. The number of aliphatic imine (C=N–C) groups is 1. The molecule has 1 unspecified atom stereocenters. The Labute approximate surface area is 162 Å². The van der Waals surface area contributed by atoms with E-state index in [1.165, 1.54) is 5.69 Å². The normalized spacial score (nSPS) is 13.9. The summed E-state index contributed by atoms with van der Waals surface area (Å²) in [5.74, 6) is 1.22. The number of hydrogen-bond donors (Lipinski definition) is 3. The van der Waals surface area contributed by atoms with Crippen molar-refractivity contribution in [2.45, 2.75) is 32.8 Å². The number of anilines is 1. The molecule has 6 heteroatoms. The average Bonchev–Trinajstić information content (AvgIpc) is 3.22. The van der Waals surface area contributed by atoms with Crippen molar-refractivity contribution < 1.29 is 9.52 Å². The van der Waals surface area contributed by atoms with Crippen LogP contribution in [0.1, 0.15) is 33.0 Å². The molecule has 0 bridgehead atoms. The molecule has 6 nitrogen and oxygen atoms in total. The molecule has 0 amide bonds. The number of nitrogens with zero attached hydrogens (tertiary/aromatic N) is 2. The van der Waals surface area contributed by atoms with Gasteiger partial charge in [-0.1, -0.05) is 18.2 Å². The zero-order chi connectivity index (χ0) is 19.5. The fraction of sp³-hybridized carbons (Fsp3) is 0.476. The Balaban J connectivity index is 1.83. The van der Waals surface area contributed by atoms with Crippen molar-refractivity contribution in [1.82, 2.24) is 10.6 Å². The van der Waals surface area contributed by atoms with Crippen LogP contribution in [0, 0.1) is 0 Å². The molecule has 0 aliphatic rings. The Morgan fingerprint density at radius 1 is 1.15 bits per heavy atom. The first-order valence-electron chi connectivity index (χ1n) is 9.65. The van der Waals surface area contributed by atoms with E-state index in [-0.39, 0.29) is 6.54 Å². The number of nitrogens with one attached hydrogen (secondary N) is 2. The fourth-order valence-electron chi connectivity index (χ4n) is 2.82. The lowest BCUT2D eigenvalue weighted by atomic mass is 10.0. The molecule has 0 saturated carbocycles.